The number of nitrogens with zero attached hydrogens (tertiary/aromatic N) is 2. The summed E-state index contributed by atoms with van der Waals surface area (Å²) in [5.74, 6) is -0.934. The van der Waals surface area contributed by atoms with Crippen molar-refractivity contribution in [3.8, 4) is 0 Å². The van der Waals surface area contributed by atoms with Gasteiger partial charge in [0, 0.05) is 18.7 Å². The molecule has 6 heteroatoms. The highest BCUT2D eigenvalue weighted by Gasteiger charge is 2.25. The normalized spacial score (nSPS) is 22.4. The lowest BCUT2D eigenvalue weighted by molar-refractivity contribution is -0.143. The summed E-state index contributed by atoms with van der Waals surface area (Å²) in [5.41, 5.74) is 3.38. The zero-order valence-electron chi connectivity index (χ0n) is 15.0. The number of carboxylic acid groups (broad SMARTS) is 1. The van der Waals surface area contributed by atoms with Crippen LogP contribution in [0, 0.1) is 5.92 Å². The molecule has 1 unspecified atom stereocenters. The molecule has 0 bridgehead atoms. The van der Waals surface area contributed by atoms with E-state index in [-0.39, 0.29) is 18.3 Å². The van der Waals surface area contributed by atoms with Gasteiger partial charge in [-0.25, -0.2) is 0 Å². The lowest BCUT2D eigenvalue weighted by atomic mass is 9.92. The molecule has 3 rings (SSSR count). The molecule has 1 aliphatic carbocycles. The highest BCUT2D eigenvalue weighted by atomic mass is 35.5. The molecule has 1 aromatic rings. The van der Waals surface area contributed by atoms with E-state index in [2.05, 4.69) is 28.3 Å². The van der Waals surface area contributed by atoms with E-state index in [4.69, 9.17) is 9.94 Å². The minimum atomic E-state index is -0.689. The maximum absolute atomic E-state index is 11.1. The number of carboxylic acids is 1. The van der Waals surface area contributed by atoms with Gasteiger partial charge in [-0.2, -0.15) is 0 Å². The number of aliphatic carboxylic acids is 1. The third-order valence-corrected chi connectivity index (χ3v) is 4.89. The molecule has 0 saturated carbocycles. The van der Waals surface area contributed by atoms with Crippen LogP contribution in [0.3, 0.4) is 0 Å². The molecule has 0 amide bonds. The molecule has 5 nitrogen and oxygen atoms in total. The Hall–Kier alpha value is -1.85. The minimum Gasteiger partial charge on any atom is -0.481 e. The Bertz CT molecular complexity index is 646. The quantitative estimate of drug-likeness (QED) is 0.603. The fourth-order valence-corrected chi connectivity index (χ4v) is 3.52. The molecular weight excluding hydrogens is 352 g/mol. The van der Waals surface area contributed by atoms with Crippen LogP contribution in [-0.2, 0) is 9.63 Å². The Balaban J connectivity index is 0.00000243. The average molecular weight is 379 g/mol. The van der Waals surface area contributed by atoms with Gasteiger partial charge in [0.1, 0.15) is 6.61 Å². The van der Waals surface area contributed by atoms with Gasteiger partial charge in [-0.3, -0.25) is 9.69 Å². The van der Waals surface area contributed by atoms with Crippen molar-refractivity contribution in [3.63, 3.8) is 0 Å². The first kappa shape index (κ1) is 20.5. The Morgan fingerprint density at radius 3 is 2.85 bits per heavy atom. The monoisotopic (exact) mass is 378 g/mol. The van der Waals surface area contributed by atoms with E-state index in [9.17, 15) is 4.79 Å². The van der Waals surface area contributed by atoms with Crippen LogP contribution in [0.25, 0.3) is 5.57 Å². The molecule has 142 valence electrons. The van der Waals surface area contributed by atoms with Crippen molar-refractivity contribution in [1.29, 1.82) is 0 Å². The van der Waals surface area contributed by atoms with Crippen molar-refractivity contribution in [2.24, 2.45) is 11.1 Å². The van der Waals surface area contributed by atoms with Crippen molar-refractivity contribution in [2.75, 3.05) is 26.2 Å². The van der Waals surface area contributed by atoms with Gasteiger partial charge >= 0.3 is 5.97 Å². The fourth-order valence-electron chi connectivity index (χ4n) is 3.52. The van der Waals surface area contributed by atoms with Crippen LogP contribution in [0.1, 0.15) is 37.7 Å². The van der Waals surface area contributed by atoms with Crippen LogP contribution < -0.4 is 0 Å². The molecule has 1 saturated heterocycles. The third kappa shape index (κ3) is 5.58. The maximum Gasteiger partial charge on any atom is 0.307 e. The summed E-state index contributed by atoms with van der Waals surface area (Å²) < 4.78 is 0. The van der Waals surface area contributed by atoms with Crippen molar-refractivity contribution < 1.29 is 14.7 Å². The average Bonchev–Trinajstić information content (AvgIpc) is 2.66. The SMILES string of the molecule is Cl.O=C(O)C1CCCN(CCON=C2CCCC=C2c2ccccc2)C1. The molecule has 1 atom stereocenters. The van der Waals surface area contributed by atoms with Gasteiger partial charge < -0.3 is 9.94 Å². The highest BCUT2D eigenvalue weighted by molar-refractivity contribution is 6.24. The van der Waals surface area contributed by atoms with Crippen molar-refractivity contribution in [2.45, 2.75) is 32.1 Å². The molecule has 26 heavy (non-hydrogen) atoms. The summed E-state index contributed by atoms with van der Waals surface area (Å²) in [5, 5.41) is 13.5. The molecule has 1 heterocycles. The number of rotatable bonds is 6. The summed E-state index contributed by atoms with van der Waals surface area (Å²) >= 11 is 0. The van der Waals surface area contributed by atoms with E-state index in [0.29, 0.717) is 13.2 Å². The lowest BCUT2D eigenvalue weighted by Crippen LogP contribution is -2.40. The maximum atomic E-state index is 11.1. The molecule has 1 fully saturated rings. The van der Waals surface area contributed by atoms with Gasteiger partial charge in [0.15, 0.2) is 0 Å². The van der Waals surface area contributed by atoms with Gasteiger partial charge in [0.05, 0.1) is 11.6 Å². The van der Waals surface area contributed by atoms with Gasteiger partial charge in [0.2, 0.25) is 0 Å². The van der Waals surface area contributed by atoms with Crippen LogP contribution >= 0.6 is 12.4 Å². The largest absolute Gasteiger partial charge is 0.481 e. The molecule has 1 aromatic carbocycles. The van der Waals surface area contributed by atoms with Gasteiger partial charge in [-0.1, -0.05) is 41.6 Å². The number of halogens is 1. The molecule has 0 spiro atoms. The van der Waals surface area contributed by atoms with Gasteiger partial charge in [-0.15, -0.1) is 12.4 Å². The molecule has 1 aliphatic heterocycles. The second-order valence-corrected chi connectivity index (χ2v) is 6.73. The predicted octanol–water partition coefficient (Wildman–Crippen LogP) is 3.84. The number of likely N-dealkylation sites (tertiary alicyclic amines) is 1. The van der Waals surface area contributed by atoms with E-state index in [1.54, 1.807) is 0 Å². The third-order valence-electron chi connectivity index (χ3n) is 4.89. The standard InChI is InChI=1S/C20H26N2O3.ClH/c23-20(24)17-9-6-12-22(15-17)13-14-25-21-19-11-5-4-10-18(19)16-7-2-1-3-8-16;/h1-3,7-8,10,17H,4-6,9,11-15H2,(H,23,24);1H. The zero-order valence-corrected chi connectivity index (χ0v) is 15.8. The Labute approximate surface area is 161 Å². The minimum absolute atomic E-state index is 0. The molecular formula is C20H27ClN2O3. The smallest absolute Gasteiger partial charge is 0.307 e. The first-order chi connectivity index (χ1) is 12.2. The zero-order chi connectivity index (χ0) is 17.5. The van der Waals surface area contributed by atoms with E-state index in [1.807, 2.05) is 18.2 Å². The van der Waals surface area contributed by atoms with Crippen molar-refractivity contribution in [1.82, 2.24) is 4.90 Å². The van der Waals surface area contributed by atoms with Crippen LogP contribution in [-0.4, -0.2) is 47.9 Å². The lowest BCUT2D eigenvalue weighted by Gasteiger charge is -2.30. The van der Waals surface area contributed by atoms with Crippen molar-refractivity contribution >= 4 is 29.7 Å². The van der Waals surface area contributed by atoms with Crippen LogP contribution in [0.4, 0.5) is 0 Å². The number of carbonyl (C=O) groups is 1. The van der Waals surface area contributed by atoms with Crippen LogP contribution in [0.2, 0.25) is 0 Å². The van der Waals surface area contributed by atoms with E-state index in [0.717, 1.165) is 50.9 Å². The second kappa shape index (κ2) is 10.3. The number of allylic oxidation sites excluding steroid dienone is 2. The van der Waals surface area contributed by atoms with Crippen molar-refractivity contribution in [3.05, 3.63) is 42.0 Å². The summed E-state index contributed by atoms with van der Waals surface area (Å²) in [6, 6.07) is 10.3. The second-order valence-electron chi connectivity index (χ2n) is 6.73. The van der Waals surface area contributed by atoms with Gasteiger partial charge in [-0.05, 0) is 44.2 Å². The Morgan fingerprint density at radius 1 is 1.27 bits per heavy atom. The topological polar surface area (TPSA) is 62.1 Å². The molecule has 2 aliphatic rings. The predicted molar refractivity (Wildman–Crippen MR) is 106 cm³/mol. The van der Waals surface area contributed by atoms with E-state index in [1.165, 1.54) is 11.1 Å². The highest BCUT2D eigenvalue weighted by Crippen LogP contribution is 2.25. The van der Waals surface area contributed by atoms with Gasteiger partial charge in [0.25, 0.3) is 0 Å². The summed E-state index contributed by atoms with van der Waals surface area (Å²) in [6.45, 7) is 2.78. The first-order valence-electron chi connectivity index (χ1n) is 9.14. The number of oxime groups is 1. The molecule has 0 radical (unpaired) electrons. The van der Waals surface area contributed by atoms with Crippen LogP contribution in [0.15, 0.2) is 41.6 Å². The summed E-state index contributed by atoms with van der Waals surface area (Å²) in [6.07, 6.45) is 7.07. The number of hydrogen-bond donors (Lipinski definition) is 1. The Morgan fingerprint density at radius 2 is 2.08 bits per heavy atom. The summed E-state index contributed by atoms with van der Waals surface area (Å²) in [7, 11) is 0. The van der Waals surface area contributed by atoms with E-state index < -0.39 is 5.97 Å². The molecule has 1 N–H and O–H groups in total. The number of benzene rings is 1. The molecule has 0 aromatic heterocycles. The fraction of sp³-hybridized carbons (Fsp3) is 0.500. The van der Waals surface area contributed by atoms with Crippen LogP contribution in [0.5, 0.6) is 0 Å². The number of piperidine rings is 1. The number of hydrogen-bond acceptors (Lipinski definition) is 4. The first-order valence-corrected chi connectivity index (χ1v) is 9.14. The van der Waals surface area contributed by atoms with E-state index >= 15 is 0 Å². The Kier molecular flexibility index (Phi) is 8.13. The summed E-state index contributed by atoms with van der Waals surface area (Å²) in [4.78, 5) is 18.9.